The Balaban J connectivity index is 1.43. The highest BCUT2D eigenvalue weighted by Gasteiger charge is 2.36. The number of nitrogens with zero attached hydrogens (tertiary/aromatic N) is 5. The average molecular weight is 413 g/mol. The Morgan fingerprint density at radius 2 is 1.67 bits per heavy atom. The third-order valence-electron chi connectivity index (χ3n) is 4.96. The van der Waals surface area contributed by atoms with E-state index in [4.69, 9.17) is 0 Å². The minimum atomic E-state index is -4.57. The fraction of sp³-hybridized carbons (Fsp3) is 0.238. The molecule has 0 atom stereocenters. The van der Waals surface area contributed by atoms with Gasteiger partial charge < -0.3 is 9.80 Å². The summed E-state index contributed by atoms with van der Waals surface area (Å²) in [6, 6.07) is 8.65. The minimum Gasteiger partial charge on any atom is -0.353 e. The Hall–Kier alpha value is -3.49. The van der Waals surface area contributed by atoms with Gasteiger partial charge in [0.25, 0.3) is 5.91 Å². The Morgan fingerprint density at radius 3 is 2.30 bits per heavy atom. The van der Waals surface area contributed by atoms with Crippen molar-refractivity contribution in [2.24, 2.45) is 0 Å². The smallest absolute Gasteiger partial charge is 0.353 e. The maximum Gasteiger partial charge on any atom is 0.417 e. The second-order valence-electron chi connectivity index (χ2n) is 6.82. The van der Waals surface area contributed by atoms with E-state index in [1.54, 1.807) is 24.8 Å². The molecule has 3 heterocycles. The molecule has 4 rings (SSSR count). The molecular weight excluding hydrogens is 395 g/mol. The number of piperazine rings is 1. The SMILES string of the molecule is O=C(c1ccccc1C(F)(F)F)N1CCN(c2ccc(-c3cnccn3)cn2)CC1. The first-order valence-corrected chi connectivity index (χ1v) is 9.36. The van der Waals surface area contributed by atoms with Gasteiger partial charge in [0.2, 0.25) is 0 Å². The second kappa shape index (κ2) is 8.10. The van der Waals surface area contributed by atoms with Gasteiger partial charge in [-0.2, -0.15) is 13.2 Å². The zero-order valence-electron chi connectivity index (χ0n) is 15.9. The van der Waals surface area contributed by atoms with Gasteiger partial charge in [-0.05, 0) is 24.3 Å². The first-order chi connectivity index (χ1) is 14.4. The monoisotopic (exact) mass is 413 g/mol. The van der Waals surface area contributed by atoms with Crippen molar-refractivity contribution in [2.45, 2.75) is 6.18 Å². The summed E-state index contributed by atoms with van der Waals surface area (Å²) in [4.78, 5) is 28.9. The Kier molecular flexibility index (Phi) is 5.35. The highest BCUT2D eigenvalue weighted by molar-refractivity contribution is 5.96. The van der Waals surface area contributed by atoms with Crippen molar-refractivity contribution in [1.82, 2.24) is 19.9 Å². The van der Waals surface area contributed by atoms with E-state index < -0.39 is 17.6 Å². The first-order valence-electron chi connectivity index (χ1n) is 9.36. The van der Waals surface area contributed by atoms with Crippen LogP contribution >= 0.6 is 0 Å². The Labute approximate surface area is 171 Å². The van der Waals surface area contributed by atoms with Crippen LogP contribution in [0.5, 0.6) is 0 Å². The summed E-state index contributed by atoms with van der Waals surface area (Å²) in [5.74, 6) is 0.138. The minimum absolute atomic E-state index is 0.315. The number of alkyl halides is 3. The van der Waals surface area contributed by atoms with Crippen LogP contribution in [0.1, 0.15) is 15.9 Å². The molecule has 1 fully saturated rings. The molecule has 1 amide bonds. The molecule has 30 heavy (non-hydrogen) atoms. The topological polar surface area (TPSA) is 62.2 Å². The summed E-state index contributed by atoms with van der Waals surface area (Å²) in [6.45, 7) is 1.60. The molecule has 0 radical (unpaired) electrons. The lowest BCUT2D eigenvalue weighted by atomic mass is 10.1. The van der Waals surface area contributed by atoms with Gasteiger partial charge in [-0.15, -0.1) is 0 Å². The third kappa shape index (κ3) is 4.10. The molecule has 2 aromatic heterocycles. The highest BCUT2D eigenvalue weighted by Crippen LogP contribution is 2.32. The third-order valence-corrected chi connectivity index (χ3v) is 4.96. The normalized spacial score (nSPS) is 14.6. The summed E-state index contributed by atoms with van der Waals surface area (Å²) < 4.78 is 39.7. The molecule has 0 N–H and O–H groups in total. The van der Waals surface area contributed by atoms with E-state index in [-0.39, 0.29) is 5.56 Å². The fourth-order valence-corrected chi connectivity index (χ4v) is 3.40. The number of hydrogen-bond acceptors (Lipinski definition) is 5. The summed E-state index contributed by atoms with van der Waals surface area (Å²) in [5, 5.41) is 0. The molecule has 6 nitrogen and oxygen atoms in total. The van der Waals surface area contributed by atoms with Gasteiger partial charge in [0.05, 0.1) is 23.0 Å². The maximum atomic E-state index is 13.2. The molecule has 0 bridgehead atoms. The van der Waals surface area contributed by atoms with Crippen molar-refractivity contribution in [1.29, 1.82) is 0 Å². The number of anilines is 1. The van der Waals surface area contributed by atoms with Gasteiger partial charge in [0.15, 0.2) is 0 Å². The predicted octanol–water partition coefficient (Wildman–Crippen LogP) is 3.52. The quantitative estimate of drug-likeness (QED) is 0.658. The standard InChI is InChI=1S/C21H18F3N5O/c22-21(23,24)17-4-2-1-3-16(17)20(30)29-11-9-28(10-12-29)19-6-5-15(13-27-19)18-14-25-7-8-26-18/h1-8,13-14H,9-12H2. The van der Waals surface area contributed by atoms with Crippen LogP contribution in [0.4, 0.5) is 19.0 Å². The number of pyridine rings is 1. The van der Waals surface area contributed by atoms with Crippen LogP contribution in [0, 0.1) is 0 Å². The summed E-state index contributed by atoms with van der Waals surface area (Å²) >= 11 is 0. The number of aromatic nitrogens is 3. The molecule has 0 spiro atoms. The van der Waals surface area contributed by atoms with Crippen molar-refractivity contribution < 1.29 is 18.0 Å². The second-order valence-corrected chi connectivity index (χ2v) is 6.82. The molecular formula is C21H18F3N5O. The number of amides is 1. The lowest BCUT2D eigenvalue weighted by Crippen LogP contribution is -2.49. The largest absolute Gasteiger partial charge is 0.417 e. The Morgan fingerprint density at radius 1 is 0.900 bits per heavy atom. The van der Waals surface area contributed by atoms with Crippen molar-refractivity contribution in [3.8, 4) is 11.3 Å². The van der Waals surface area contributed by atoms with Crippen molar-refractivity contribution in [3.63, 3.8) is 0 Å². The number of benzene rings is 1. The highest BCUT2D eigenvalue weighted by atomic mass is 19.4. The van der Waals surface area contributed by atoms with Gasteiger partial charge in [0, 0.05) is 50.3 Å². The predicted molar refractivity (Wildman–Crippen MR) is 105 cm³/mol. The molecule has 1 aliphatic rings. The molecule has 0 saturated carbocycles. The van der Waals surface area contributed by atoms with Gasteiger partial charge in [0.1, 0.15) is 5.82 Å². The Bertz CT molecular complexity index is 1020. The van der Waals surface area contributed by atoms with E-state index in [0.29, 0.717) is 26.2 Å². The molecule has 3 aromatic rings. The number of halogens is 3. The molecule has 154 valence electrons. The molecule has 1 saturated heterocycles. The summed E-state index contributed by atoms with van der Waals surface area (Å²) in [5.41, 5.74) is 0.336. The molecule has 9 heteroatoms. The zero-order chi connectivity index (χ0) is 21.1. The van der Waals surface area contributed by atoms with E-state index in [1.807, 2.05) is 17.0 Å². The number of hydrogen-bond donors (Lipinski definition) is 0. The lowest BCUT2D eigenvalue weighted by molar-refractivity contribution is -0.138. The van der Waals surface area contributed by atoms with E-state index in [1.165, 1.54) is 23.1 Å². The van der Waals surface area contributed by atoms with E-state index in [2.05, 4.69) is 15.0 Å². The van der Waals surface area contributed by atoms with Crippen LogP contribution in [0.2, 0.25) is 0 Å². The van der Waals surface area contributed by atoms with Gasteiger partial charge in [-0.3, -0.25) is 14.8 Å². The average Bonchev–Trinajstić information content (AvgIpc) is 2.79. The van der Waals surface area contributed by atoms with Gasteiger partial charge >= 0.3 is 6.18 Å². The maximum absolute atomic E-state index is 13.2. The van der Waals surface area contributed by atoms with Crippen LogP contribution in [-0.2, 0) is 6.18 Å². The van der Waals surface area contributed by atoms with Crippen molar-refractivity contribution in [2.75, 3.05) is 31.1 Å². The van der Waals surface area contributed by atoms with Crippen LogP contribution in [0.3, 0.4) is 0 Å². The summed E-state index contributed by atoms with van der Waals surface area (Å²) in [6.07, 6.45) is 1.99. The van der Waals surface area contributed by atoms with Gasteiger partial charge in [-0.1, -0.05) is 12.1 Å². The molecule has 1 aliphatic heterocycles. The van der Waals surface area contributed by atoms with Crippen LogP contribution in [0.15, 0.2) is 61.2 Å². The molecule has 1 aromatic carbocycles. The van der Waals surface area contributed by atoms with Gasteiger partial charge in [-0.25, -0.2) is 4.98 Å². The van der Waals surface area contributed by atoms with Crippen molar-refractivity contribution in [3.05, 3.63) is 72.3 Å². The van der Waals surface area contributed by atoms with Crippen LogP contribution in [0.25, 0.3) is 11.3 Å². The number of carbonyl (C=O) groups is 1. The van der Waals surface area contributed by atoms with E-state index in [9.17, 15) is 18.0 Å². The van der Waals surface area contributed by atoms with E-state index >= 15 is 0 Å². The number of rotatable bonds is 3. The fourth-order valence-electron chi connectivity index (χ4n) is 3.40. The van der Waals surface area contributed by atoms with E-state index in [0.717, 1.165) is 23.1 Å². The summed E-state index contributed by atoms with van der Waals surface area (Å²) in [7, 11) is 0. The lowest BCUT2D eigenvalue weighted by Gasteiger charge is -2.35. The first kappa shape index (κ1) is 19.8. The van der Waals surface area contributed by atoms with Crippen molar-refractivity contribution >= 4 is 11.7 Å². The molecule has 0 unspecified atom stereocenters. The van der Waals surface area contributed by atoms with Crippen LogP contribution < -0.4 is 4.90 Å². The number of carbonyl (C=O) groups excluding carboxylic acids is 1. The molecule has 0 aliphatic carbocycles. The van der Waals surface area contributed by atoms with Crippen LogP contribution in [-0.4, -0.2) is 51.9 Å². The zero-order valence-corrected chi connectivity index (χ0v) is 15.9.